The molecule has 1 amide bonds. The fraction of sp³-hybridized carbons (Fsp3) is 0.261. The summed E-state index contributed by atoms with van der Waals surface area (Å²) in [5.74, 6) is -0.731. The van der Waals surface area contributed by atoms with Crippen molar-refractivity contribution in [1.82, 2.24) is 14.5 Å². The van der Waals surface area contributed by atoms with E-state index in [2.05, 4.69) is 4.98 Å². The minimum atomic E-state index is -1.23. The molecule has 8 nitrogen and oxygen atoms in total. The standard InChI is InChI=1S/C23H20FN5O3/c1-13(29(22(31)32)23(2,3)4)20-27-19-15(12-26)9-16(24)10-18(19)21(30)28(20)17-7-5-6-14(8-17)11-25/h5-10,13H,1-4H3,(H,31,32). The molecule has 1 unspecified atom stereocenters. The van der Waals surface area contributed by atoms with Crippen molar-refractivity contribution in [2.75, 3.05) is 0 Å². The van der Waals surface area contributed by atoms with Crippen molar-refractivity contribution < 1.29 is 14.3 Å². The quantitative estimate of drug-likeness (QED) is 0.663. The topological polar surface area (TPSA) is 123 Å². The number of rotatable bonds is 3. The van der Waals surface area contributed by atoms with Crippen LogP contribution in [0.2, 0.25) is 0 Å². The number of hydrogen-bond donors (Lipinski definition) is 1. The first-order chi connectivity index (χ1) is 15.0. The van der Waals surface area contributed by atoms with Gasteiger partial charge in [-0.2, -0.15) is 10.5 Å². The van der Waals surface area contributed by atoms with E-state index in [0.29, 0.717) is 0 Å². The molecule has 32 heavy (non-hydrogen) atoms. The molecule has 0 spiro atoms. The Labute approximate surface area is 183 Å². The van der Waals surface area contributed by atoms with Crippen LogP contribution in [0.5, 0.6) is 0 Å². The molecule has 1 aromatic heterocycles. The van der Waals surface area contributed by atoms with Crippen LogP contribution < -0.4 is 5.56 Å². The summed E-state index contributed by atoms with van der Waals surface area (Å²) in [5.41, 5.74) is -1.14. The minimum Gasteiger partial charge on any atom is -0.465 e. The number of nitriles is 2. The van der Waals surface area contributed by atoms with E-state index in [9.17, 15) is 29.6 Å². The van der Waals surface area contributed by atoms with Gasteiger partial charge in [0.1, 0.15) is 17.7 Å². The number of amides is 1. The summed E-state index contributed by atoms with van der Waals surface area (Å²) in [6, 6.07) is 11.0. The molecule has 2 aromatic carbocycles. The number of carbonyl (C=O) groups is 1. The van der Waals surface area contributed by atoms with Crippen LogP contribution in [0.1, 0.15) is 50.7 Å². The Hall–Kier alpha value is -4.24. The molecule has 162 valence electrons. The highest BCUT2D eigenvalue weighted by molar-refractivity contribution is 5.84. The average molecular weight is 433 g/mol. The second-order valence-corrected chi connectivity index (χ2v) is 8.23. The number of benzene rings is 2. The van der Waals surface area contributed by atoms with E-state index in [1.807, 2.05) is 12.1 Å². The first-order valence-electron chi connectivity index (χ1n) is 9.68. The van der Waals surface area contributed by atoms with Gasteiger partial charge in [-0.3, -0.25) is 14.3 Å². The number of hydrogen-bond acceptors (Lipinski definition) is 5. The third kappa shape index (κ3) is 3.88. The van der Waals surface area contributed by atoms with Crippen LogP contribution in [0.25, 0.3) is 16.6 Å². The highest BCUT2D eigenvalue weighted by Crippen LogP contribution is 2.29. The van der Waals surface area contributed by atoms with Crippen molar-refractivity contribution in [3.63, 3.8) is 0 Å². The highest BCUT2D eigenvalue weighted by Gasteiger charge is 2.34. The first kappa shape index (κ1) is 22.4. The molecule has 0 radical (unpaired) electrons. The molecule has 0 saturated carbocycles. The molecule has 0 bridgehead atoms. The molecule has 9 heteroatoms. The lowest BCUT2D eigenvalue weighted by Crippen LogP contribution is -2.47. The number of nitrogens with zero attached hydrogens (tertiary/aromatic N) is 5. The van der Waals surface area contributed by atoms with E-state index in [0.717, 1.165) is 21.6 Å². The van der Waals surface area contributed by atoms with Crippen LogP contribution in [-0.2, 0) is 0 Å². The first-order valence-corrected chi connectivity index (χ1v) is 9.68. The summed E-state index contributed by atoms with van der Waals surface area (Å²) in [6.07, 6.45) is -1.23. The molecule has 1 heterocycles. The van der Waals surface area contributed by atoms with Gasteiger partial charge in [0.2, 0.25) is 0 Å². The zero-order chi connectivity index (χ0) is 23.8. The molecule has 1 atom stereocenters. The fourth-order valence-electron chi connectivity index (χ4n) is 3.75. The third-order valence-corrected chi connectivity index (χ3v) is 5.01. The lowest BCUT2D eigenvalue weighted by atomic mass is 10.0. The van der Waals surface area contributed by atoms with Crippen molar-refractivity contribution >= 4 is 17.0 Å². The Kier molecular flexibility index (Phi) is 5.70. The fourth-order valence-corrected chi connectivity index (χ4v) is 3.75. The Balaban J connectivity index is 2.49. The Bertz CT molecular complexity index is 1380. The highest BCUT2D eigenvalue weighted by atomic mass is 19.1. The van der Waals surface area contributed by atoms with E-state index in [-0.39, 0.29) is 33.5 Å². The number of fused-ring (bicyclic) bond motifs is 1. The Morgan fingerprint density at radius 1 is 1.22 bits per heavy atom. The minimum absolute atomic E-state index is 0.0207. The summed E-state index contributed by atoms with van der Waals surface area (Å²) in [6.45, 7) is 6.68. The zero-order valence-corrected chi connectivity index (χ0v) is 17.9. The molecule has 0 fully saturated rings. The predicted octanol–water partition coefficient (Wildman–Crippen LogP) is 4.11. The van der Waals surface area contributed by atoms with E-state index in [1.165, 1.54) is 6.07 Å². The van der Waals surface area contributed by atoms with E-state index >= 15 is 0 Å². The summed E-state index contributed by atoms with van der Waals surface area (Å²) in [7, 11) is 0. The van der Waals surface area contributed by atoms with Gasteiger partial charge in [-0.05, 0) is 58.0 Å². The summed E-state index contributed by atoms with van der Waals surface area (Å²) in [4.78, 5) is 31.2. The van der Waals surface area contributed by atoms with Gasteiger partial charge in [0.15, 0.2) is 0 Å². The van der Waals surface area contributed by atoms with Crippen LogP contribution in [-0.4, -0.2) is 31.2 Å². The van der Waals surface area contributed by atoms with Crippen molar-refractivity contribution in [3.8, 4) is 17.8 Å². The lowest BCUT2D eigenvalue weighted by molar-refractivity contribution is 0.0719. The molecule has 0 aliphatic carbocycles. The molecular formula is C23H20FN5O3. The zero-order valence-electron chi connectivity index (χ0n) is 17.9. The van der Waals surface area contributed by atoms with Gasteiger partial charge >= 0.3 is 6.09 Å². The maximum absolute atomic E-state index is 14.1. The van der Waals surface area contributed by atoms with Crippen molar-refractivity contribution in [3.05, 3.63) is 69.5 Å². The van der Waals surface area contributed by atoms with Crippen LogP contribution in [0.15, 0.2) is 41.2 Å². The maximum Gasteiger partial charge on any atom is 0.408 e. The second kappa shape index (κ2) is 8.12. The van der Waals surface area contributed by atoms with Crippen molar-refractivity contribution in [2.45, 2.75) is 39.3 Å². The SMILES string of the molecule is CC(c1nc2c(C#N)cc(F)cc2c(=O)n1-c1cccc(C#N)c1)N(C(=O)O)C(C)(C)C. The maximum atomic E-state index is 14.1. The van der Waals surface area contributed by atoms with Crippen LogP contribution in [0.3, 0.4) is 0 Å². The van der Waals surface area contributed by atoms with E-state index in [4.69, 9.17) is 0 Å². The van der Waals surface area contributed by atoms with Crippen LogP contribution >= 0.6 is 0 Å². The molecule has 0 aliphatic heterocycles. The van der Waals surface area contributed by atoms with Gasteiger partial charge < -0.3 is 5.11 Å². The average Bonchev–Trinajstić information content (AvgIpc) is 2.72. The molecule has 3 aromatic rings. The largest absolute Gasteiger partial charge is 0.465 e. The number of halogens is 1. The predicted molar refractivity (Wildman–Crippen MR) is 115 cm³/mol. The second-order valence-electron chi connectivity index (χ2n) is 8.23. The lowest BCUT2D eigenvalue weighted by Gasteiger charge is -2.38. The van der Waals surface area contributed by atoms with Crippen LogP contribution in [0.4, 0.5) is 9.18 Å². The van der Waals surface area contributed by atoms with Gasteiger partial charge in [-0.25, -0.2) is 14.2 Å². The van der Waals surface area contributed by atoms with Gasteiger partial charge in [0.05, 0.1) is 39.8 Å². The van der Waals surface area contributed by atoms with Crippen molar-refractivity contribution in [1.29, 1.82) is 10.5 Å². The summed E-state index contributed by atoms with van der Waals surface area (Å²) in [5, 5.41) is 28.5. The number of aromatic nitrogens is 2. The Morgan fingerprint density at radius 3 is 2.47 bits per heavy atom. The van der Waals surface area contributed by atoms with E-state index < -0.39 is 29.1 Å². The van der Waals surface area contributed by atoms with Gasteiger partial charge in [0, 0.05) is 5.54 Å². The summed E-state index contributed by atoms with van der Waals surface area (Å²) < 4.78 is 15.3. The van der Waals surface area contributed by atoms with E-state index in [1.54, 1.807) is 45.9 Å². The normalized spacial score (nSPS) is 12.1. The van der Waals surface area contributed by atoms with Gasteiger partial charge in [0.25, 0.3) is 5.56 Å². The van der Waals surface area contributed by atoms with Gasteiger partial charge in [-0.15, -0.1) is 0 Å². The third-order valence-electron chi connectivity index (χ3n) is 5.01. The molecule has 3 rings (SSSR count). The smallest absolute Gasteiger partial charge is 0.408 e. The van der Waals surface area contributed by atoms with Crippen LogP contribution in [0, 0.1) is 28.5 Å². The molecule has 0 aliphatic rings. The monoisotopic (exact) mass is 433 g/mol. The Morgan fingerprint density at radius 2 is 1.91 bits per heavy atom. The summed E-state index contributed by atoms with van der Waals surface area (Å²) >= 11 is 0. The molecule has 1 N–H and O–H groups in total. The van der Waals surface area contributed by atoms with Crippen molar-refractivity contribution in [2.24, 2.45) is 0 Å². The molecular weight excluding hydrogens is 413 g/mol. The molecule has 0 saturated heterocycles. The van der Waals surface area contributed by atoms with Gasteiger partial charge in [-0.1, -0.05) is 6.07 Å². The number of carboxylic acid groups (broad SMARTS) is 1.